The molecule has 4 rings (SSSR count). The molecule has 0 radical (unpaired) electrons. The highest BCUT2D eigenvalue weighted by molar-refractivity contribution is 7.89. The molecule has 1 aliphatic heterocycles. The van der Waals surface area contributed by atoms with E-state index in [2.05, 4.69) is 5.32 Å². The highest BCUT2D eigenvalue weighted by Crippen LogP contribution is 2.27. The van der Waals surface area contributed by atoms with Crippen LogP contribution in [0.15, 0.2) is 47.4 Å². The van der Waals surface area contributed by atoms with Crippen molar-refractivity contribution in [3.05, 3.63) is 42.5 Å². The average Bonchev–Trinajstić information content (AvgIpc) is 2.74. The number of nitrogens with one attached hydrogen (secondary N) is 1. The van der Waals surface area contributed by atoms with Crippen LogP contribution in [0, 0.1) is 5.92 Å². The van der Waals surface area contributed by atoms with Crippen LogP contribution < -0.4 is 5.32 Å². The third-order valence-electron chi connectivity index (χ3n) is 6.07. The van der Waals surface area contributed by atoms with Crippen molar-refractivity contribution in [1.82, 2.24) is 9.62 Å². The second kappa shape index (κ2) is 8.21. The first-order valence-corrected chi connectivity index (χ1v) is 11.8. The van der Waals surface area contributed by atoms with E-state index in [0.29, 0.717) is 11.4 Å². The minimum absolute atomic E-state index is 0.0188. The van der Waals surface area contributed by atoms with Gasteiger partial charge in [0, 0.05) is 19.1 Å². The lowest BCUT2D eigenvalue weighted by molar-refractivity contribution is -0.127. The van der Waals surface area contributed by atoms with E-state index in [-0.39, 0.29) is 24.4 Å². The molecule has 28 heavy (non-hydrogen) atoms. The maximum Gasteiger partial charge on any atom is 0.243 e. The maximum atomic E-state index is 13.2. The third-order valence-corrected chi connectivity index (χ3v) is 7.93. The second-order valence-corrected chi connectivity index (χ2v) is 9.99. The minimum Gasteiger partial charge on any atom is -0.353 e. The Morgan fingerprint density at radius 3 is 2.46 bits per heavy atom. The van der Waals surface area contributed by atoms with Crippen LogP contribution in [0.5, 0.6) is 0 Å². The summed E-state index contributed by atoms with van der Waals surface area (Å²) in [6.07, 6.45) is 7.12. The van der Waals surface area contributed by atoms with Gasteiger partial charge in [-0.1, -0.05) is 49.6 Å². The summed E-state index contributed by atoms with van der Waals surface area (Å²) in [5.41, 5.74) is 0. The molecule has 1 amide bonds. The van der Waals surface area contributed by atoms with Gasteiger partial charge in [-0.15, -0.1) is 0 Å². The first kappa shape index (κ1) is 19.4. The van der Waals surface area contributed by atoms with Crippen LogP contribution >= 0.6 is 0 Å². The van der Waals surface area contributed by atoms with Crippen molar-refractivity contribution in [2.75, 3.05) is 13.1 Å². The number of nitrogens with zero attached hydrogens (tertiary/aromatic N) is 1. The van der Waals surface area contributed by atoms with E-state index in [1.54, 1.807) is 12.1 Å². The molecule has 2 aromatic carbocycles. The van der Waals surface area contributed by atoms with Crippen LogP contribution in [0.4, 0.5) is 0 Å². The van der Waals surface area contributed by atoms with E-state index in [1.165, 1.54) is 10.7 Å². The third kappa shape index (κ3) is 4.08. The van der Waals surface area contributed by atoms with Crippen molar-refractivity contribution >= 4 is 26.7 Å². The van der Waals surface area contributed by atoms with Crippen molar-refractivity contribution in [2.24, 2.45) is 5.92 Å². The van der Waals surface area contributed by atoms with Gasteiger partial charge < -0.3 is 5.32 Å². The molecule has 1 heterocycles. The van der Waals surface area contributed by atoms with E-state index in [1.807, 2.05) is 30.3 Å². The van der Waals surface area contributed by atoms with Gasteiger partial charge >= 0.3 is 0 Å². The number of hydrogen-bond acceptors (Lipinski definition) is 3. The molecule has 2 aromatic rings. The Kier molecular flexibility index (Phi) is 5.69. The summed E-state index contributed by atoms with van der Waals surface area (Å²) in [5, 5.41) is 5.09. The van der Waals surface area contributed by atoms with Crippen LogP contribution in [-0.4, -0.2) is 37.8 Å². The molecule has 6 heteroatoms. The number of hydrogen-bond donors (Lipinski definition) is 1. The van der Waals surface area contributed by atoms with Gasteiger partial charge in [0.15, 0.2) is 0 Å². The van der Waals surface area contributed by atoms with E-state index < -0.39 is 10.0 Å². The predicted octanol–water partition coefficient (Wildman–Crippen LogP) is 3.69. The van der Waals surface area contributed by atoms with Crippen LogP contribution in [0.25, 0.3) is 10.8 Å². The summed E-state index contributed by atoms with van der Waals surface area (Å²) in [7, 11) is -3.60. The van der Waals surface area contributed by atoms with Gasteiger partial charge in [0.05, 0.1) is 10.8 Å². The van der Waals surface area contributed by atoms with Gasteiger partial charge in [-0.2, -0.15) is 4.31 Å². The van der Waals surface area contributed by atoms with Gasteiger partial charge in [0.2, 0.25) is 15.9 Å². The lowest BCUT2D eigenvalue weighted by atomic mass is 9.93. The van der Waals surface area contributed by atoms with Gasteiger partial charge in [0.25, 0.3) is 0 Å². The summed E-state index contributed by atoms with van der Waals surface area (Å²) in [4.78, 5) is 13.0. The molecule has 1 unspecified atom stereocenters. The Morgan fingerprint density at radius 1 is 0.929 bits per heavy atom. The number of benzene rings is 2. The topological polar surface area (TPSA) is 66.5 Å². The lowest BCUT2D eigenvalue weighted by Gasteiger charge is -2.32. The molecule has 5 nitrogen and oxygen atoms in total. The fraction of sp³-hybridized carbons (Fsp3) is 0.500. The number of sulfonamides is 1. The van der Waals surface area contributed by atoms with Gasteiger partial charge in [-0.05, 0) is 48.6 Å². The predicted molar refractivity (Wildman–Crippen MR) is 110 cm³/mol. The average molecular weight is 401 g/mol. The number of fused-ring (bicyclic) bond motifs is 1. The second-order valence-electron chi connectivity index (χ2n) is 8.05. The zero-order valence-corrected chi connectivity index (χ0v) is 17.0. The molecule has 1 atom stereocenters. The van der Waals surface area contributed by atoms with E-state index in [0.717, 1.165) is 49.3 Å². The molecular weight excluding hydrogens is 372 g/mol. The molecule has 2 aliphatic rings. The molecule has 2 fully saturated rings. The lowest BCUT2D eigenvalue weighted by Crippen LogP contribution is -2.47. The molecule has 1 saturated heterocycles. The number of amides is 1. The number of carbonyl (C=O) groups excluding carboxylic acids is 1. The van der Waals surface area contributed by atoms with Crippen molar-refractivity contribution < 1.29 is 13.2 Å². The molecular formula is C22H28N2O3S. The van der Waals surface area contributed by atoms with Crippen molar-refractivity contribution in [3.8, 4) is 0 Å². The Balaban J connectivity index is 1.48. The summed E-state index contributed by atoms with van der Waals surface area (Å²) < 4.78 is 27.9. The molecule has 0 spiro atoms. The molecule has 1 saturated carbocycles. The smallest absolute Gasteiger partial charge is 0.243 e. The van der Waals surface area contributed by atoms with Crippen LogP contribution in [0.1, 0.15) is 44.9 Å². The van der Waals surface area contributed by atoms with Crippen LogP contribution in [0.2, 0.25) is 0 Å². The summed E-state index contributed by atoms with van der Waals surface area (Å²) in [6, 6.07) is 13.2. The van der Waals surface area contributed by atoms with Gasteiger partial charge in [0.1, 0.15) is 0 Å². The molecule has 150 valence electrons. The van der Waals surface area contributed by atoms with Gasteiger partial charge in [-0.25, -0.2) is 8.42 Å². The van der Waals surface area contributed by atoms with Crippen molar-refractivity contribution in [1.29, 1.82) is 0 Å². The SMILES string of the molecule is O=C(NC1CCCCC1)C1CCCN(S(=O)(=O)c2ccc3ccccc3c2)C1. The van der Waals surface area contributed by atoms with Crippen LogP contribution in [-0.2, 0) is 14.8 Å². The summed E-state index contributed by atoms with van der Waals surface area (Å²) >= 11 is 0. The van der Waals surface area contributed by atoms with E-state index >= 15 is 0 Å². The zero-order valence-electron chi connectivity index (χ0n) is 16.1. The standard InChI is InChI=1S/C22H28N2O3S/c25-22(23-20-10-2-1-3-11-20)19-9-6-14-24(16-19)28(26,27)21-13-12-17-7-4-5-8-18(17)15-21/h4-5,7-8,12-13,15,19-20H,1-3,6,9-11,14,16H2,(H,23,25). The number of rotatable bonds is 4. The van der Waals surface area contributed by atoms with E-state index in [9.17, 15) is 13.2 Å². The quantitative estimate of drug-likeness (QED) is 0.851. The summed E-state index contributed by atoms with van der Waals surface area (Å²) in [6.45, 7) is 0.746. The molecule has 0 aromatic heterocycles. The fourth-order valence-electron chi connectivity index (χ4n) is 4.42. The number of carbonyl (C=O) groups is 1. The fourth-order valence-corrected chi connectivity index (χ4v) is 5.98. The van der Waals surface area contributed by atoms with Crippen molar-refractivity contribution in [3.63, 3.8) is 0 Å². The Bertz CT molecular complexity index is 951. The Labute approximate surface area is 167 Å². The normalized spacial score (nSPS) is 22.2. The minimum atomic E-state index is -3.60. The highest BCUT2D eigenvalue weighted by atomic mass is 32.2. The first-order chi connectivity index (χ1) is 13.5. The van der Waals surface area contributed by atoms with Gasteiger partial charge in [-0.3, -0.25) is 4.79 Å². The largest absolute Gasteiger partial charge is 0.353 e. The molecule has 1 aliphatic carbocycles. The highest BCUT2D eigenvalue weighted by Gasteiger charge is 2.34. The van der Waals surface area contributed by atoms with Crippen molar-refractivity contribution in [2.45, 2.75) is 55.9 Å². The Hall–Kier alpha value is -1.92. The van der Waals surface area contributed by atoms with E-state index in [4.69, 9.17) is 0 Å². The van der Waals surface area contributed by atoms with Crippen LogP contribution in [0.3, 0.4) is 0 Å². The number of piperidine rings is 1. The monoisotopic (exact) mass is 400 g/mol. The Morgan fingerprint density at radius 2 is 1.68 bits per heavy atom. The maximum absolute atomic E-state index is 13.2. The molecule has 0 bridgehead atoms. The molecule has 1 N–H and O–H groups in total. The summed E-state index contributed by atoms with van der Waals surface area (Å²) in [5.74, 6) is -0.240. The zero-order chi connectivity index (χ0) is 19.6. The first-order valence-electron chi connectivity index (χ1n) is 10.3.